The fourth-order valence-corrected chi connectivity index (χ4v) is 4.12. The molecule has 0 saturated carbocycles. The van der Waals surface area contributed by atoms with Crippen molar-refractivity contribution < 1.29 is 14.1 Å². The van der Waals surface area contributed by atoms with Crippen molar-refractivity contribution in [3.63, 3.8) is 0 Å². The van der Waals surface area contributed by atoms with Crippen molar-refractivity contribution in [2.24, 2.45) is 0 Å². The zero-order chi connectivity index (χ0) is 25.1. The summed E-state index contributed by atoms with van der Waals surface area (Å²) in [7, 11) is 0. The fourth-order valence-electron chi connectivity index (χ4n) is 4.12. The van der Waals surface area contributed by atoms with Crippen molar-refractivity contribution in [2.75, 3.05) is 5.32 Å². The highest BCUT2D eigenvalue weighted by Crippen LogP contribution is 2.29. The van der Waals surface area contributed by atoms with E-state index in [-0.39, 0.29) is 23.8 Å². The van der Waals surface area contributed by atoms with Crippen LogP contribution in [0.3, 0.4) is 0 Å². The van der Waals surface area contributed by atoms with Crippen LogP contribution in [-0.4, -0.2) is 20.2 Å². The predicted octanol–water partition coefficient (Wildman–Crippen LogP) is 6.29. The molecule has 1 N–H and O–H groups in total. The van der Waals surface area contributed by atoms with E-state index < -0.39 is 4.92 Å². The normalized spacial score (nSPS) is 10.9. The highest BCUT2D eigenvalue weighted by atomic mass is 19.1. The Bertz CT molecular complexity index is 1560. The van der Waals surface area contributed by atoms with Crippen molar-refractivity contribution in [1.29, 1.82) is 0 Å². The third-order valence-corrected chi connectivity index (χ3v) is 5.87. The van der Waals surface area contributed by atoms with Crippen LogP contribution in [-0.2, 0) is 11.2 Å². The number of nitro groups is 1. The lowest BCUT2D eigenvalue weighted by atomic mass is 10.1. The largest absolute Gasteiger partial charge is 0.326 e. The number of fused-ring (bicyclic) bond motifs is 1. The average Bonchev–Trinajstić information content (AvgIpc) is 3.27. The number of non-ortho nitro benzene ring substituents is 1. The van der Waals surface area contributed by atoms with Crippen LogP contribution in [0.4, 0.5) is 15.8 Å². The number of benzene rings is 3. The fraction of sp³-hybridized carbons (Fsp3) is 0.0714. The van der Waals surface area contributed by atoms with Crippen molar-refractivity contribution in [1.82, 2.24) is 9.38 Å². The zero-order valence-electron chi connectivity index (χ0n) is 19.1. The Morgan fingerprint density at radius 2 is 1.67 bits per heavy atom. The van der Waals surface area contributed by atoms with E-state index in [1.54, 1.807) is 6.07 Å². The van der Waals surface area contributed by atoms with Crippen molar-refractivity contribution in [3.8, 4) is 22.4 Å². The quantitative estimate of drug-likeness (QED) is 0.219. The number of carbonyl (C=O) groups excluding carboxylic acids is 1. The first kappa shape index (κ1) is 22.9. The Morgan fingerprint density at radius 1 is 0.917 bits per heavy atom. The van der Waals surface area contributed by atoms with Gasteiger partial charge in [-0.05, 0) is 53.9 Å². The van der Waals surface area contributed by atoms with Gasteiger partial charge in [0.15, 0.2) is 0 Å². The molecule has 1 amide bonds. The number of anilines is 1. The van der Waals surface area contributed by atoms with E-state index >= 15 is 0 Å². The summed E-state index contributed by atoms with van der Waals surface area (Å²) in [5.41, 5.74) is 5.28. The van der Waals surface area contributed by atoms with E-state index in [0.717, 1.165) is 22.5 Å². The zero-order valence-corrected chi connectivity index (χ0v) is 19.1. The van der Waals surface area contributed by atoms with Crippen molar-refractivity contribution in [3.05, 3.63) is 119 Å². The molecule has 0 radical (unpaired) electrons. The molecule has 0 atom stereocenters. The van der Waals surface area contributed by atoms with Gasteiger partial charge in [-0.1, -0.05) is 42.5 Å². The van der Waals surface area contributed by atoms with Gasteiger partial charge >= 0.3 is 0 Å². The molecule has 0 aliphatic carbocycles. The van der Waals surface area contributed by atoms with Crippen LogP contribution >= 0.6 is 0 Å². The molecule has 0 spiro atoms. The summed E-state index contributed by atoms with van der Waals surface area (Å²) in [6.45, 7) is 0. The molecule has 5 rings (SSSR count). The number of aryl methyl sites for hydroxylation is 1. The van der Waals surface area contributed by atoms with E-state index in [1.807, 2.05) is 59.1 Å². The Hall–Kier alpha value is -4.85. The molecule has 178 valence electrons. The van der Waals surface area contributed by atoms with Gasteiger partial charge in [0.1, 0.15) is 11.5 Å². The number of nitrogens with zero attached hydrogens (tertiary/aromatic N) is 3. The number of pyridine rings is 1. The van der Waals surface area contributed by atoms with Crippen LogP contribution in [0, 0.1) is 15.9 Å². The lowest BCUT2D eigenvalue weighted by Gasteiger charge is -2.09. The maximum Gasteiger partial charge on any atom is 0.270 e. The van der Waals surface area contributed by atoms with E-state index in [1.165, 1.54) is 36.4 Å². The average molecular weight is 480 g/mol. The number of halogens is 1. The highest BCUT2D eigenvalue weighted by Gasteiger charge is 2.17. The molecule has 0 aliphatic rings. The number of hydrogen-bond acceptors (Lipinski definition) is 4. The first-order valence-electron chi connectivity index (χ1n) is 11.3. The van der Waals surface area contributed by atoms with E-state index in [0.29, 0.717) is 23.3 Å². The highest BCUT2D eigenvalue weighted by molar-refractivity contribution is 5.91. The number of nitrogens with one attached hydrogen (secondary N) is 1. The van der Waals surface area contributed by atoms with Crippen LogP contribution in [0.1, 0.15) is 12.1 Å². The van der Waals surface area contributed by atoms with E-state index in [9.17, 15) is 19.3 Å². The summed E-state index contributed by atoms with van der Waals surface area (Å²) in [4.78, 5) is 28.3. The van der Waals surface area contributed by atoms with Gasteiger partial charge in [-0.15, -0.1) is 0 Å². The summed E-state index contributed by atoms with van der Waals surface area (Å²) in [6, 6.07) is 25.5. The van der Waals surface area contributed by atoms with Gasteiger partial charge in [-0.2, -0.15) is 0 Å². The second-order valence-electron chi connectivity index (χ2n) is 8.28. The number of amides is 1. The van der Waals surface area contributed by atoms with Crippen molar-refractivity contribution >= 4 is 22.9 Å². The van der Waals surface area contributed by atoms with Crippen LogP contribution in [0.15, 0.2) is 97.2 Å². The second kappa shape index (κ2) is 9.79. The van der Waals surface area contributed by atoms with Gasteiger partial charge in [-0.3, -0.25) is 14.9 Å². The molecule has 2 aromatic heterocycles. The first-order chi connectivity index (χ1) is 17.5. The third-order valence-electron chi connectivity index (χ3n) is 5.87. The van der Waals surface area contributed by atoms with Crippen molar-refractivity contribution in [2.45, 2.75) is 12.8 Å². The second-order valence-corrected chi connectivity index (χ2v) is 8.28. The minimum atomic E-state index is -0.419. The first-order valence-corrected chi connectivity index (χ1v) is 11.3. The molecule has 0 aliphatic heterocycles. The number of aromatic nitrogens is 2. The minimum absolute atomic E-state index is 0.0147. The molecule has 0 unspecified atom stereocenters. The van der Waals surface area contributed by atoms with Gasteiger partial charge < -0.3 is 9.72 Å². The van der Waals surface area contributed by atoms with Gasteiger partial charge in [0.2, 0.25) is 5.91 Å². The van der Waals surface area contributed by atoms with Crippen LogP contribution in [0.2, 0.25) is 0 Å². The molecule has 36 heavy (non-hydrogen) atoms. The number of rotatable bonds is 7. The molecule has 2 heterocycles. The molecular formula is C28H21FN4O3. The molecule has 0 bridgehead atoms. The number of carbonyl (C=O) groups is 1. The standard InChI is InChI=1S/C28H21FN4O3/c29-22-10-12-23(13-11-22)30-27(34)16-14-25-28(19-5-2-1-3-6-19)31-26-15-9-21(18-32(25)26)20-7-4-8-24(17-20)33(35)36/h1-13,15,17-18H,14,16H2,(H,30,34). The summed E-state index contributed by atoms with van der Waals surface area (Å²) in [5, 5.41) is 14.0. The smallest absolute Gasteiger partial charge is 0.270 e. The summed E-state index contributed by atoms with van der Waals surface area (Å²) >= 11 is 0. The molecular weight excluding hydrogens is 459 g/mol. The lowest BCUT2D eigenvalue weighted by molar-refractivity contribution is -0.384. The molecule has 0 fully saturated rings. The van der Waals surface area contributed by atoms with Gasteiger partial charge in [-0.25, -0.2) is 9.37 Å². The maximum absolute atomic E-state index is 13.2. The Labute approximate surface area is 206 Å². The minimum Gasteiger partial charge on any atom is -0.326 e. The van der Waals surface area contributed by atoms with Gasteiger partial charge in [0.25, 0.3) is 5.69 Å². The van der Waals surface area contributed by atoms with Crippen LogP contribution < -0.4 is 5.32 Å². The monoisotopic (exact) mass is 480 g/mol. The summed E-state index contributed by atoms with van der Waals surface area (Å²) < 4.78 is 15.1. The SMILES string of the molecule is O=C(CCc1c(-c2ccccc2)nc2ccc(-c3cccc([N+](=O)[O-])c3)cn12)Nc1ccc(F)cc1. The van der Waals surface area contributed by atoms with Gasteiger partial charge in [0, 0.05) is 36.0 Å². The Kier molecular flexibility index (Phi) is 6.23. The Morgan fingerprint density at radius 3 is 2.42 bits per heavy atom. The van der Waals surface area contributed by atoms with E-state index in [4.69, 9.17) is 4.98 Å². The number of hydrogen-bond donors (Lipinski definition) is 1. The van der Waals surface area contributed by atoms with Crippen LogP contribution in [0.5, 0.6) is 0 Å². The molecule has 0 saturated heterocycles. The van der Waals surface area contributed by atoms with Crippen LogP contribution in [0.25, 0.3) is 28.0 Å². The lowest BCUT2D eigenvalue weighted by Crippen LogP contribution is -2.13. The maximum atomic E-state index is 13.2. The van der Waals surface area contributed by atoms with Gasteiger partial charge in [0.05, 0.1) is 16.3 Å². The Balaban J connectivity index is 1.50. The molecule has 5 aromatic rings. The van der Waals surface area contributed by atoms with E-state index in [2.05, 4.69) is 5.32 Å². The summed E-state index contributed by atoms with van der Waals surface area (Å²) in [6.07, 6.45) is 2.48. The molecule has 3 aromatic carbocycles. The summed E-state index contributed by atoms with van der Waals surface area (Å²) in [5.74, 6) is -0.573. The molecule has 8 heteroatoms. The molecule has 7 nitrogen and oxygen atoms in total. The predicted molar refractivity (Wildman–Crippen MR) is 136 cm³/mol. The number of imidazole rings is 1. The topological polar surface area (TPSA) is 89.5 Å². The number of nitro benzene ring substituents is 1. The third kappa shape index (κ3) is 4.83.